The zero-order valence-corrected chi connectivity index (χ0v) is 18.4. The van der Waals surface area contributed by atoms with E-state index >= 15 is 0 Å². The van der Waals surface area contributed by atoms with E-state index in [1.807, 2.05) is 41.5 Å². The van der Waals surface area contributed by atoms with Crippen molar-refractivity contribution in [2.45, 2.75) is 86.2 Å². The van der Waals surface area contributed by atoms with Crippen LogP contribution in [-0.4, -0.2) is 41.1 Å². The molecule has 8 heteroatoms. The smallest absolute Gasteiger partial charge is 0.350 e. The summed E-state index contributed by atoms with van der Waals surface area (Å²) in [7, 11) is -3.57. The Kier molecular flexibility index (Phi) is 8.33. The van der Waals surface area contributed by atoms with Gasteiger partial charge in [-0.05, 0) is 53.9 Å². The summed E-state index contributed by atoms with van der Waals surface area (Å²) >= 11 is 0. The van der Waals surface area contributed by atoms with Crippen LogP contribution in [0.25, 0.3) is 0 Å². The fraction of sp³-hybridized carbons (Fsp3) is 0.941. The quantitative estimate of drug-likeness (QED) is 0.481. The second-order valence-electron chi connectivity index (χ2n) is 8.58. The third-order valence-electron chi connectivity index (χ3n) is 3.50. The molecule has 0 fully saturated rings. The highest BCUT2D eigenvalue weighted by Crippen LogP contribution is 2.61. The Morgan fingerprint density at radius 1 is 1.00 bits per heavy atom. The Labute approximate surface area is 153 Å². The molecule has 2 N–H and O–H groups in total. The first-order chi connectivity index (χ1) is 11.0. The lowest BCUT2D eigenvalue weighted by atomic mass is 9.94. The van der Waals surface area contributed by atoms with Gasteiger partial charge in [0, 0.05) is 5.54 Å². The molecule has 0 spiro atoms. The van der Waals surface area contributed by atoms with Gasteiger partial charge in [-0.2, -0.15) is 5.06 Å². The molecule has 0 aromatic heterocycles. The Balaban J connectivity index is 6.32. The number of rotatable bonds is 9. The molecule has 150 valence electrons. The first-order valence-electron chi connectivity index (χ1n) is 8.70. The summed E-state index contributed by atoms with van der Waals surface area (Å²) in [5, 5.41) is 1.56. The minimum Gasteiger partial charge on any atom is -0.367 e. The van der Waals surface area contributed by atoms with Crippen LogP contribution < -0.4 is 5.73 Å². The monoisotopic (exact) mass is 380 g/mol. The molecule has 0 aliphatic heterocycles. The maximum atomic E-state index is 13.6. The van der Waals surface area contributed by atoms with E-state index in [1.165, 1.54) is 0 Å². The third kappa shape index (κ3) is 6.65. The van der Waals surface area contributed by atoms with Crippen LogP contribution in [-0.2, 0) is 23.2 Å². The molecule has 0 saturated heterocycles. The van der Waals surface area contributed by atoms with Crippen molar-refractivity contribution in [2.75, 3.05) is 13.2 Å². The van der Waals surface area contributed by atoms with E-state index in [4.69, 9.17) is 19.6 Å². The summed E-state index contributed by atoms with van der Waals surface area (Å²) in [6.07, 6.45) is 0. The van der Waals surface area contributed by atoms with Gasteiger partial charge in [0.1, 0.15) is 5.78 Å². The highest BCUT2D eigenvalue weighted by atomic mass is 31.2. The van der Waals surface area contributed by atoms with Crippen molar-refractivity contribution in [1.82, 2.24) is 5.06 Å². The van der Waals surface area contributed by atoms with Gasteiger partial charge < -0.3 is 14.8 Å². The zero-order chi connectivity index (χ0) is 20.3. The summed E-state index contributed by atoms with van der Waals surface area (Å²) in [4.78, 5) is 17.8. The van der Waals surface area contributed by atoms with Gasteiger partial charge in [-0.1, -0.05) is 20.8 Å². The summed E-state index contributed by atoms with van der Waals surface area (Å²) in [5.74, 6) is -1.35. The lowest BCUT2D eigenvalue weighted by Crippen LogP contribution is -2.58. The van der Waals surface area contributed by atoms with Crippen LogP contribution in [0.15, 0.2) is 0 Å². The Morgan fingerprint density at radius 3 is 1.64 bits per heavy atom. The van der Waals surface area contributed by atoms with Crippen molar-refractivity contribution in [2.24, 2.45) is 11.1 Å². The van der Waals surface area contributed by atoms with Crippen molar-refractivity contribution in [3.63, 3.8) is 0 Å². The van der Waals surface area contributed by atoms with Gasteiger partial charge in [0.2, 0.25) is 0 Å². The lowest BCUT2D eigenvalue weighted by Gasteiger charge is -2.49. The van der Waals surface area contributed by atoms with E-state index in [2.05, 4.69) is 0 Å². The van der Waals surface area contributed by atoms with E-state index in [-0.39, 0.29) is 13.2 Å². The van der Waals surface area contributed by atoms with Crippen molar-refractivity contribution < 1.29 is 23.2 Å². The maximum Gasteiger partial charge on any atom is 0.350 e. The SMILES string of the molecule is CCOP(=O)(OCC)C(N(OC(C)(C)C(N)=O)C(C)(C)C)C(C)(C)C. The highest BCUT2D eigenvalue weighted by Gasteiger charge is 2.52. The van der Waals surface area contributed by atoms with Crippen molar-refractivity contribution >= 4 is 13.5 Å². The number of amides is 1. The number of carbonyl (C=O) groups excluding carboxylic acids is 1. The molecule has 0 saturated carbocycles. The normalized spacial score (nSPS) is 15.5. The fourth-order valence-corrected chi connectivity index (χ4v) is 5.01. The molecule has 1 amide bonds. The molecule has 1 atom stereocenters. The Bertz CT molecular complexity index is 484. The highest BCUT2D eigenvalue weighted by molar-refractivity contribution is 7.54. The molecule has 0 heterocycles. The average molecular weight is 380 g/mol. The molecule has 0 radical (unpaired) electrons. The van der Waals surface area contributed by atoms with Crippen LogP contribution in [0.3, 0.4) is 0 Å². The van der Waals surface area contributed by atoms with E-state index in [9.17, 15) is 9.36 Å². The van der Waals surface area contributed by atoms with Crippen LogP contribution in [0.4, 0.5) is 0 Å². The summed E-state index contributed by atoms with van der Waals surface area (Å²) in [5.41, 5.74) is 3.08. The largest absolute Gasteiger partial charge is 0.367 e. The van der Waals surface area contributed by atoms with Crippen LogP contribution in [0.1, 0.15) is 69.2 Å². The molecule has 0 rings (SSSR count). The van der Waals surface area contributed by atoms with Gasteiger partial charge in [0.15, 0.2) is 5.60 Å². The molecule has 0 aliphatic rings. The number of hydrogen-bond acceptors (Lipinski definition) is 6. The number of hydrogen-bond donors (Lipinski definition) is 1. The molecule has 1 unspecified atom stereocenters. The predicted molar refractivity (Wildman–Crippen MR) is 100 cm³/mol. The van der Waals surface area contributed by atoms with E-state index in [1.54, 1.807) is 32.8 Å². The molecular formula is C17H37N2O5P. The van der Waals surface area contributed by atoms with Crippen molar-refractivity contribution in [1.29, 1.82) is 0 Å². The van der Waals surface area contributed by atoms with E-state index in [0.717, 1.165) is 0 Å². The molecule has 0 bridgehead atoms. The number of nitrogens with zero attached hydrogens (tertiary/aromatic N) is 1. The van der Waals surface area contributed by atoms with Gasteiger partial charge in [0.05, 0.1) is 13.2 Å². The van der Waals surface area contributed by atoms with Gasteiger partial charge in [-0.3, -0.25) is 14.2 Å². The van der Waals surface area contributed by atoms with Gasteiger partial charge in [-0.15, -0.1) is 0 Å². The first-order valence-corrected chi connectivity index (χ1v) is 10.3. The van der Waals surface area contributed by atoms with Gasteiger partial charge >= 0.3 is 7.60 Å². The standard InChI is InChI=1S/C17H37N2O5P/c1-11-22-25(21,23-12-2)14(15(3,4)5)19(16(6,7)8)24-17(9,10)13(18)20/h14H,11-12H2,1-10H3,(H2,18,20). The topological polar surface area (TPSA) is 91.1 Å². The van der Waals surface area contributed by atoms with Crippen molar-refractivity contribution in [3.8, 4) is 0 Å². The number of primary amides is 1. The van der Waals surface area contributed by atoms with Crippen LogP contribution in [0, 0.1) is 5.41 Å². The number of carbonyl (C=O) groups is 1. The number of hydroxylamine groups is 2. The number of nitrogens with two attached hydrogens (primary N) is 1. The van der Waals surface area contributed by atoms with Crippen LogP contribution >= 0.6 is 7.60 Å². The van der Waals surface area contributed by atoms with Gasteiger partial charge in [0.25, 0.3) is 5.91 Å². The van der Waals surface area contributed by atoms with E-state index in [0.29, 0.717) is 0 Å². The Hall–Kier alpha value is -0.460. The summed E-state index contributed by atoms with van der Waals surface area (Å²) in [6.45, 7) is 18.7. The minimum absolute atomic E-state index is 0.237. The van der Waals surface area contributed by atoms with Crippen LogP contribution in [0.5, 0.6) is 0 Å². The molecule has 25 heavy (non-hydrogen) atoms. The Morgan fingerprint density at radius 2 is 1.40 bits per heavy atom. The van der Waals surface area contributed by atoms with Crippen LogP contribution in [0.2, 0.25) is 0 Å². The van der Waals surface area contributed by atoms with Crippen molar-refractivity contribution in [3.05, 3.63) is 0 Å². The second kappa shape index (κ2) is 8.49. The summed E-state index contributed by atoms with van der Waals surface area (Å²) in [6, 6.07) is 0. The second-order valence-corrected chi connectivity index (χ2v) is 10.7. The molecule has 0 aromatic carbocycles. The first kappa shape index (κ1) is 24.5. The molecule has 0 aliphatic carbocycles. The third-order valence-corrected chi connectivity index (χ3v) is 6.32. The maximum absolute atomic E-state index is 13.6. The van der Waals surface area contributed by atoms with E-state index < -0.39 is 35.8 Å². The summed E-state index contributed by atoms with van der Waals surface area (Å²) < 4.78 is 24.8. The molecule has 0 aromatic rings. The minimum atomic E-state index is -3.57. The zero-order valence-electron chi connectivity index (χ0n) is 17.5. The fourth-order valence-electron chi connectivity index (χ4n) is 2.34. The average Bonchev–Trinajstić information content (AvgIpc) is 2.35. The molecule has 7 nitrogen and oxygen atoms in total. The van der Waals surface area contributed by atoms with Gasteiger partial charge in [-0.25, -0.2) is 0 Å². The molecular weight excluding hydrogens is 343 g/mol. The lowest BCUT2D eigenvalue weighted by molar-refractivity contribution is -0.285. The predicted octanol–water partition coefficient (Wildman–Crippen LogP) is 3.92.